The van der Waals surface area contributed by atoms with Crippen molar-refractivity contribution in [1.29, 1.82) is 0 Å². The lowest BCUT2D eigenvalue weighted by atomic mass is 9.49. The van der Waals surface area contributed by atoms with E-state index in [1.807, 2.05) is 20.8 Å². The number of rotatable bonds is 16. The summed E-state index contributed by atoms with van der Waals surface area (Å²) in [5, 5.41) is -4.56. The van der Waals surface area contributed by atoms with Crippen molar-refractivity contribution in [1.82, 2.24) is 0 Å². The van der Waals surface area contributed by atoms with Crippen molar-refractivity contribution < 1.29 is 59.9 Å². The standard InChI is InChI=1S/C19H17S.C16H30O2.C13H18F2O5S.C10H18O4/c1-16-12-14-19(15-13-16)20(17-8-4-2-5-9-17)18-10-6-3-7-11-18;1-5-15(3,4)14(17)18-16(6-2)12-10-8-7-9-11-13-16;14-13(15,21(17,18)19)7-20-11(16)12-4-8-1-9(5-12)3-10(2-8)6-12;1-5-10(3,4)9(12)14-7-8(11)13-6-2/h2-15H,1H3;5-13H2,1-4H3;8-10H,1-7H2,(H,17,18,19);5-7H2,1-4H3/q+1;;;/p-1. The first-order valence-corrected chi connectivity index (χ1v) is 29.0. The fourth-order valence-corrected chi connectivity index (χ4v) is 12.4. The smallest absolute Gasteiger partial charge is 0.367 e. The molecule has 0 amide bonds. The minimum atomic E-state index is -5.81. The lowest BCUT2D eigenvalue weighted by molar-refractivity contribution is -0.177. The zero-order valence-corrected chi connectivity index (χ0v) is 46.4. The largest absolute Gasteiger partial charge is 0.743 e. The van der Waals surface area contributed by atoms with Gasteiger partial charge < -0.3 is 23.5 Å². The Labute approximate surface area is 437 Å². The van der Waals surface area contributed by atoms with Crippen LogP contribution in [0.15, 0.2) is 99.6 Å². The number of alkyl halides is 2. The molecule has 406 valence electrons. The fourth-order valence-electron chi connectivity index (χ4n) is 10.2. The zero-order valence-electron chi connectivity index (χ0n) is 44.8. The van der Waals surface area contributed by atoms with Crippen LogP contribution in [0.5, 0.6) is 0 Å². The van der Waals surface area contributed by atoms with E-state index in [1.165, 1.54) is 52.4 Å². The van der Waals surface area contributed by atoms with Crippen molar-refractivity contribution in [2.24, 2.45) is 34.0 Å². The van der Waals surface area contributed by atoms with Gasteiger partial charge in [0.2, 0.25) is 0 Å². The Morgan fingerprint density at radius 2 is 1.08 bits per heavy atom. The van der Waals surface area contributed by atoms with Crippen LogP contribution in [-0.2, 0) is 59.1 Å². The first kappa shape index (κ1) is 61.2. The maximum atomic E-state index is 13.1. The highest BCUT2D eigenvalue weighted by atomic mass is 32.2. The molecule has 15 heteroatoms. The van der Waals surface area contributed by atoms with Crippen molar-refractivity contribution in [2.75, 3.05) is 19.8 Å². The Morgan fingerprint density at radius 1 is 0.644 bits per heavy atom. The molecule has 0 N–H and O–H groups in total. The summed E-state index contributed by atoms with van der Waals surface area (Å²) in [5.41, 5.74) is -0.489. The summed E-state index contributed by atoms with van der Waals surface area (Å²) in [6.45, 7) is 15.8. The highest BCUT2D eigenvalue weighted by Crippen LogP contribution is 2.60. The molecule has 5 aliphatic carbocycles. The maximum absolute atomic E-state index is 13.1. The fraction of sp³-hybridized carbons (Fsp3) is 0.621. The van der Waals surface area contributed by atoms with Crippen molar-refractivity contribution in [2.45, 2.75) is 191 Å². The molecule has 5 saturated carbocycles. The molecular weight excluding hydrogens is 975 g/mol. The third-order valence-electron chi connectivity index (χ3n) is 15.1. The van der Waals surface area contributed by atoms with Gasteiger partial charge in [-0.05, 0) is 179 Å². The number of aryl methyl sites for hydroxylation is 1. The van der Waals surface area contributed by atoms with E-state index in [0.717, 1.165) is 44.9 Å². The van der Waals surface area contributed by atoms with Crippen LogP contribution in [-0.4, -0.2) is 67.5 Å². The highest BCUT2D eigenvalue weighted by molar-refractivity contribution is 7.97. The lowest BCUT2D eigenvalue weighted by Gasteiger charge is -2.55. The molecule has 8 rings (SSSR count). The molecule has 0 radical (unpaired) electrons. The number of ether oxygens (including phenoxy) is 4. The van der Waals surface area contributed by atoms with Crippen LogP contribution in [0, 0.1) is 40.9 Å². The average molecular weight is 1060 g/mol. The van der Waals surface area contributed by atoms with Crippen LogP contribution in [0.25, 0.3) is 0 Å². The SMILES string of the molecule is CCC1(OC(=O)C(C)(C)CC)CCCCCCC1.CCOC(=O)COC(=O)C(C)(C)CC.Cc1ccc([S+](c2ccccc2)c2ccccc2)cc1.O=C(OCC(F)(F)S(=O)(=O)[O-])C12CC3CC(CC(C3)C1)C2. The first-order valence-electron chi connectivity index (χ1n) is 26.3. The third-order valence-corrected chi connectivity index (χ3v) is 18.2. The van der Waals surface area contributed by atoms with Crippen LogP contribution in [0.1, 0.15) is 164 Å². The van der Waals surface area contributed by atoms with Gasteiger partial charge >= 0.3 is 29.1 Å². The summed E-state index contributed by atoms with van der Waals surface area (Å²) in [6.07, 6.45) is 16.0. The molecule has 3 aromatic carbocycles. The number of carbonyl (C=O) groups excluding carboxylic acids is 4. The minimum absolute atomic E-state index is 0.00702. The molecule has 0 aromatic heterocycles. The number of hydrogen-bond donors (Lipinski definition) is 0. The summed E-state index contributed by atoms with van der Waals surface area (Å²) in [4.78, 5) is 50.9. The second-order valence-electron chi connectivity index (χ2n) is 21.7. The number of carbonyl (C=O) groups is 4. The third kappa shape index (κ3) is 17.9. The molecule has 0 unspecified atom stereocenters. The van der Waals surface area contributed by atoms with Crippen molar-refractivity contribution in [3.8, 4) is 0 Å². The van der Waals surface area contributed by atoms with Crippen LogP contribution in [0.2, 0.25) is 0 Å². The molecule has 5 aliphatic rings. The molecular formula is C58H82F2O11S2. The molecule has 0 heterocycles. The van der Waals surface area contributed by atoms with Gasteiger partial charge in [0.15, 0.2) is 38.0 Å². The predicted octanol–water partition coefficient (Wildman–Crippen LogP) is 13.4. The van der Waals surface area contributed by atoms with E-state index in [1.54, 1.807) is 20.8 Å². The van der Waals surface area contributed by atoms with E-state index in [4.69, 9.17) is 9.47 Å². The van der Waals surface area contributed by atoms with Crippen molar-refractivity contribution in [3.63, 3.8) is 0 Å². The van der Waals surface area contributed by atoms with Gasteiger partial charge in [0, 0.05) is 0 Å². The van der Waals surface area contributed by atoms with Gasteiger partial charge in [-0.15, -0.1) is 0 Å². The van der Waals surface area contributed by atoms with E-state index in [9.17, 15) is 40.9 Å². The van der Waals surface area contributed by atoms with Gasteiger partial charge in [0.1, 0.15) is 5.60 Å². The Hall–Kier alpha value is -4.34. The molecule has 0 aliphatic heterocycles. The molecule has 5 fully saturated rings. The van der Waals surface area contributed by atoms with E-state index in [-0.39, 0.29) is 40.5 Å². The Kier molecular flexibility index (Phi) is 23.0. The molecule has 0 spiro atoms. The molecule has 4 bridgehead atoms. The summed E-state index contributed by atoms with van der Waals surface area (Å²) in [6, 6.07) is 30.4. The summed E-state index contributed by atoms with van der Waals surface area (Å²) < 4.78 is 77.4. The second kappa shape index (κ2) is 27.4. The molecule has 73 heavy (non-hydrogen) atoms. The minimum Gasteiger partial charge on any atom is -0.743 e. The van der Waals surface area contributed by atoms with Gasteiger partial charge in [-0.1, -0.05) is 94.1 Å². The maximum Gasteiger partial charge on any atom is 0.367 e. The Balaban J connectivity index is 0.000000214. The van der Waals surface area contributed by atoms with E-state index >= 15 is 0 Å². The van der Waals surface area contributed by atoms with Crippen LogP contribution >= 0.6 is 0 Å². The van der Waals surface area contributed by atoms with Crippen LogP contribution in [0.4, 0.5) is 8.78 Å². The van der Waals surface area contributed by atoms with E-state index < -0.39 is 44.7 Å². The van der Waals surface area contributed by atoms with E-state index in [0.29, 0.717) is 50.0 Å². The second-order valence-corrected chi connectivity index (χ2v) is 25.2. The van der Waals surface area contributed by atoms with E-state index in [2.05, 4.69) is 115 Å². The van der Waals surface area contributed by atoms with Gasteiger partial charge in [-0.2, -0.15) is 8.78 Å². The summed E-state index contributed by atoms with van der Waals surface area (Å²) >= 11 is 0. The van der Waals surface area contributed by atoms with Gasteiger partial charge in [-0.25, -0.2) is 13.2 Å². The highest BCUT2D eigenvalue weighted by Gasteiger charge is 2.56. The summed E-state index contributed by atoms with van der Waals surface area (Å²) in [5.74, 6) is -0.328. The normalized spacial score (nSPS) is 21.2. The first-order chi connectivity index (χ1) is 34.3. The topological polar surface area (TPSA) is 162 Å². The van der Waals surface area contributed by atoms with Gasteiger partial charge in [0.05, 0.1) is 33.7 Å². The predicted molar refractivity (Wildman–Crippen MR) is 280 cm³/mol. The Bertz CT molecular complexity index is 2240. The zero-order chi connectivity index (χ0) is 54.1. The molecule has 11 nitrogen and oxygen atoms in total. The van der Waals surface area contributed by atoms with Gasteiger partial charge in [0.25, 0.3) is 0 Å². The number of benzene rings is 3. The Morgan fingerprint density at radius 3 is 1.51 bits per heavy atom. The van der Waals surface area contributed by atoms with Crippen LogP contribution < -0.4 is 0 Å². The van der Waals surface area contributed by atoms with Gasteiger partial charge in [-0.3, -0.25) is 14.4 Å². The monoisotopic (exact) mass is 1060 g/mol. The molecule has 0 saturated heterocycles. The average Bonchev–Trinajstić information content (AvgIpc) is 3.34. The number of halogens is 2. The van der Waals surface area contributed by atoms with Crippen LogP contribution in [0.3, 0.4) is 0 Å². The van der Waals surface area contributed by atoms with Crippen molar-refractivity contribution in [3.05, 3.63) is 90.5 Å². The summed E-state index contributed by atoms with van der Waals surface area (Å²) in [7, 11) is -5.84. The molecule has 3 aromatic rings. The number of hydrogen-bond acceptors (Lipinski definition) is 11. The lowest BCUT2D eigenvalue weighted by Crippen LogP contribution is -2.51. The van der Waals surface area contributed by atoms with Crippen molar-refractivity contribution >= 4 is 44.9 Å². The quantitative estimate of drug-likeness (QED) is 0.0581. The molecule has 0 atom stereocenters. The number of esters is 4.